The fourth-order valence-electron chi connectivity index (χ4n) is 0.933. The van der Waals surface area contributed by atoms with Gasteiger partial charge in [0.25, 0.3) is 0 Å². The number of nitrogens with zero attached hydrogens (tertiary/aromatic N) is 6. The first-order chi connectivity index (χ1) is 10.3. The molecular formula is C12H18FeN7O2. The van der Waals surface area contributed by atoms with Crippen molar-refractivity contribution in [1.82, 2.24) is 4.90 Å². The van der Waals surface area contributed by atoms with E-state index in [2.05, 4.69) is 0 Å². The van der Waals surface area contributed by atoms with Crippen LogP contribution in [0.2, 0.25) is 0 Å². The van der Waals surface area contributed by atoms with Gasteiger partial charge in [-0.25, -0.2) is 0 Å². The first-order valence-electron chi connectivity index (χ1n) is 5.11. The van der Waals surface area contributed by atoms with Crippen LogP contribution in [0.15, 0.2) is 0 Å². The largest absolute Gasteiger partial charge is 5.00 e. The van der Waals surface area contributed by atoms with Crippen molar-refractivity contribution < 1.29 is 27.3 Å². The van der Waals surface area contributed by atoms with Crippen LogP contribution >= 0.6 is 0 Å². The van der Waals surface area contributed by atoms with Crippen molar-refractivity contribution in [3.8, 4) is 0 Å². The van der Waals surface area contributed by atoms with E-state index in [4.69, 9.17) is 75.1 Å². The number of hydrogen-bond acceptors (Lipinski definition) is 9. The Balaban J connectivity index is -0.0000000348. The van der Waals surface area contributed by atoms with Gasteiger partial charge in [-0.1, -0.05) is 0 Å². The molecule has 0 saturated heterocycles. The molecule has 121 valence electrons. The van der Waals surface area contributed by atoms with E-state index >= 15 is 0 Å². The zero-order valence-electron chi connectivity index (χ0n) is 12.0. The quantitative estimate of drug-likeness (QED) is 0.386. The van der Waals surface area contributed by atoms with Crippen LogP contribution < -0.4 is 5.73 Å². The van der Waals surface area contributed by atoms with Crippen LogP contribution in [-0.2, 0) is 17.1 Å². The second kappa shape index (κ2) is 97.8. The summed E-state index contributed by atoms with van der Waals surface area (Å²) in [5, 5.41) is 48.5. The molecule has 0 unspecified atom stereocenters. The molecule has 0 bridgehead atoms. The molecule has 22 heavy (non-hydrogen) atoms. The summed E-state index contributed by atoms with van der Waals surface area (Å²) >= 11 is 0. The molecule has 0 amide bonds. The SMILES string of the molecule is NCCCN(CCO)CCO.[C-]#N.[C-]#N.[C-]#N.[C-]#N.[C-]#N.[Fe+5]. The fraction of sp³-hybridized carbons (Fsp3) is 0.583. The van der Waals surface area contributed by atoms with E-state index in [1.54, 1.807) is 0 Å². The Morgan fingerprint density at radius 1 is 0.682 bits per heavy atom. The Morgan fingerprint density at radius 2 is 0.955 bits per heavy atom. The van der Waals surface area contributed by atoms with Gasteiger partial charge in [-0.2, -0.15) is 0 Å². The summed E-state index contributed by atoms with van der Waals surface area (Å²) in [5.41, 5.74) is 5.32. The minimum Gasteiger partial charge on any atom is -0.512 e. The van der Waals surface area contributed by atoms with Gasteiger partial charge in [0.15, 0.2) is 0 Å². The van der Waals surface area contributed by atoms with Crippen LogP contribution in [0.1, 0.15) is 6.42 Å². The van der Waals surface area contributed by atoms with E-state index < -0.39 is 0 Å². The molecular weight excluding hydrogens is 330 g/mol. The summed E-state index contributed by atoms with van der Waals surface area (Å²) in [7, 11) is 0. The Bertz CT molecular complexity index is 201. The number of hydrogen-bond donors (Lipinski definition) is 3. The van der Waals surface area contributed by atoms with E-state index in [0.717, 1.165) is 13.0 Å². The predicted octanol–water partition coefficient (Wildman–Crippen LogP) is -0.899. The molecule has 0 fully saturated rings. The van der Waals surface area contributed by atoms with Gasteiger partial charge < -0.3 is 75.1 Å². The molecule has 0 saturated carbocycles. The van der Waals surface area contributed by atoms with Gasteiger partial charge in [0.1, 0.15) is 0 Å². The zero-order chi connectivity index (χ0) is 18.5. The maximum Gasteiger partial charge on any atom is 5.00 e. The van der Waals surface area contributed by atoms with Crippen LogP contribution in [0.25, 0.3) is 0 Å². The molecule has 4 N–H and O–H groups in total. The van der Waals surface area contributed by atoms with Crippen molar-refractivity contribution in [1.29, 1.82) is 26.3 Å². The molecule has 0 atom stereocenters. The molecule has 9 nitrogen and oxygen atoms in total. The van der Waals surface area contributed by atoms with Gasteiger partial charge in [-0.05, 0) is 19.5 Å². The summed E-state index contributed by atoms with van der Waals surface area (Å²) in [6.45, 7) is 26.8. The van der Waals surface area contributed by atoms with Crippen LogP contribution in [-0.4, -0.2) is 54.5 Å². The summed E-state index contributed by atoms with van der Waals surface area (Å²) in [6, 6.07) is 0. The summed E-state index contributed by atoms with van der Waals surface area (Å²) in [6.07, 6.45) is 0.917. The summed E-state index contributed by atoms with van der Waals surface area (Å²) < 4.78 is 0. The molecule has 1 radical (unpaired) electrons. The third-order valence-electron chi connectivity index (χ3n) is 1.51. The topological polar surface area (TPSA) is 189 Å². The third kappa shape index (κ3) is 82.5. The second-order valence-corrected chi connectivity index (χ2v) is 2.43. The minimum atomic E-state index is 0. The van der Waals surface area contributed by atoms with Crippen molar-refractivity contribution in [2.45, 2.75) is 6.42 Å². The van der Waals surface area contributed by atoms with Gasteiger partial charge in [-0.15, -0.1) is 0 Å². The first-order valence-corrected chi connectivity index (χ1v) is 5.11. The number of aliphatic hydroxyl groups excluding tert-OH is 2. The molecule has 0 heterocycles. The molecule has 0 aliphatic carbocycles. The van der Waals surface area contributed by atoms with E-state index in [-0.39, 0.29) is 30.3 Å². The monoisotopic (exact) mass is 348 g/mol. The molecule has 0 spiro atoms. The van der Waals surface area contributed by atoms with Crippen LogP contribution in [0, 0.1) is 59.2 Å². The van der Waals surface area contributed by atoms with Crippen molar-refractivity contribution in [2.75, 3.05) is 39.4 Å². The van der Waals surface area contributed by atoms with Crippen LogP contribution in [0.4, 0.5) is 0 Å². The Hall–Kier alpha value is -2.19. The molecule has 10 heteroatoms. The first kappa shape index (κ1) is 42.7. The smallest absolute Gasteiger partial charge is 0.512 e. The van der Waals surface area contributed by atoms with E-state index in [0.29, 0.717) is 19.6 Å². The Morgan fingerprint density at radius 3 is 1.14 bits per heavy atom. The van der Waals surface area contributed by atoms with Gasteiger partial charge >= 0.3 is 17.1 Å². The van der Waals surface area contributed by atoms with Gasteiger partial charge in [0.05, 0.1) is 13.2 Å². The number of rotatable bonds is 7. The van der Waals surface area contributed by atoms with Crippen molar-refractivity contribution in [2.24, 2.45) is 5.73 Å². The standard InChI is InChI=1S/C7H18N2O2.5CN.Fe/c8-2-1-3-9(4-6-10)5-7-11;5*1-2;/h10-11H,1-8H2;;;;;;/q;5*-1;+5. The summed E-state index contributed by atoms with van der Waals surface area (Å²) in [4.78, 5) is 1.99. The molecule has 0 rings (SSSR count). The maximum atomic E-state index is 8.61. The molecule has 0 aromatic heterocycles. The molecule has 0 aliphatic rings. The van der Waals surface area contributed by atoms with Gasteiger partial charge in [-0.3, -0.25) is 4.90 Å². The van der Waals surface area contributed by atoms with E-state index in [1.165, 1.54) is 0 Å². The number of nitrogens with two attached hydrogens (primary N) is 1. The second-order valence-electron chi connectivity index (χ2n) is 2.43. The predicted molar refractivity (Wildman–Crippen MR) is 69.1 cm³/mol. The normalized spacial score (nSPS) is 5.91. The zero-order valence-corrected chi connectivity index (χ0v) is 13.1. The Labute approximate surface area is 143 Å². The minimum absolute atomic E-state index is 0. The van der Waals surface area contributed by atoms with Gasteiger partial charge in [0.2, 0.25) is 0 Å². The average Bonchev–Trinajstić information content (AvgIpc) is 2.62. The fourth-order valence-corrected chi connectivity index (χ4v) is 0.933. The molecule has 0 aliphatic heterocycles. The molecule has 0 aromatic carbocycles. The van der Waals surface area contributed by atoms with E-state index in [1.807, 2.05) is 4.90 Å². The number of aliphatic hydroxyl groups is 2. The van der Waals surface area contributed by atoms with E-state index in [9.17, 15) is 0 Å². The van der Waals surface area contributed by atoms with Crippen LogP contribution in [0.3, 0.4) is 0 Å². The summed E-state index contributed by atoms with van der Waals surface area (Å²) in [5.74, 6) is 0. The van der Waals surface area contributed by atoms with Gasteiger partial charge in [0, 0.05) is 13.1 Å². The molecule has 0 aromatic rings. The Kier molecular flexibility index (Phi) is 190. The third-order valence-corrected chi connectivity index (χ3v) is 1.51. The van der Waals surface area contributed by atoms with Crippen LogP contribution in [0.5, 0.6) is 0 Å². The maximum absolute atomic E-state index is 8.61. The van der Waals surface area contributed by atoms with Crippen molar-refractivity contribution >= 4 is 0 Å². The average molecular weight is 348 g/mol. The van der Waals surface area contributed by atoms with Crippen molar-refractivity contribution in [3.63, 3.8) is 0 Å². The van der Waals surface area contributed by atoms with Crippen molar-refractivity contribution in [3.05, 3.63) is 32.9 Å².